The van der Waals surface area contributed by atoms with E-state index in [1.54, 1.807) is 0 Å². The quantitative estimate of drug-likeness (QED) is 0.0995. The van der Waals surface area contributed by atoms with Gasteiger partial charge in [0.05, 0.1) is 22.8 Å². The zero-order valence-corrected chi connectivity index (χ0v) is 28.1. The van der Waals surface area contributed by atoms with Crippen LogP contribution < -0.4 is 9.80 Å². The highest BCUT2D eigenvalue weighted by atomic mass is 32.1. The molecular formula is C44H28N6S. The van der Waals surface area contributed by atoms with Crippen LogP contribution in [0.25, 0.3) is 54.6 Å². The van der Waals surface area contributed by atoms with Crippen molar-refractivity contribution in [3.8, 4) is 0 Å². The van der Waals surface area contributed by atoms with Crippen LogP contribution in [-0.4, -0.2) is 18.7 Å². The van der Waals surface area contributed by atoms with Crippen LogP contribution >= 0.6 is 11.7 Å². The second-order valence-electron chi connectivity index (χ2n) is 12.4. The van der Waals surface area contributed by atoms with Gasteiger partial charge in [0.1, 0.15) is 33.4 Å². The molecule has 0 aliphatic rings. The maximum absolute atomic E-state index is 5.69. The zero-order valence-electron chi connectivity index (χ0n) is 27.3. The van der Waals surface area contributed by atoms with Gasteiger partial charge in [0.25, 0.3) is 0 Å². The number of aromatic nitrogens is 4. The van der Waals surface area contributed by atoms with Gasteiger partial charge < -0.3 is 9.80 Å². The lowest BCUT2D eigenvalue weighted by Gasteiger charge is -2.30. The van der Waals surface area contributed by atoms with E-state index in [4.69, 9.17) is 18.7 Å². The van der Waals surface area contributed by atoms with Gasteiger partial charge in [-0.3, -0.25) is 0 Å². The summed E-state index contributed by atoms with van der Waals surface area (Å²) in [5.74, 6) is 0. The maximum atomic E-state index is 5.69. The van der Waals surface area contributed by atoms with Gasteiger partial charge in [0, 0.05) is 33.5 Å². The van der Waals surface area contributed by atoms with Crippen LogP contribution in [0.1, 0.15) is 0 Å². The highest BCUT2D eigenvalue weighted by molar-refractivity contribution is 7.00. The Morgan fingerprint density at radius 3 is 0.922 bits per heavy atom. The van der Waals surface area contributed by atoms with Crippen LogP contribution in [-0.2, 0) is 0 Å². The molecule has 0 aliphatic heterocycles. The Morgan fingerprint density at radius 1 is 0.294 bits per heavy atom. The number of rotatable bonds is 6. The first-order valence-corrected chi connectivity index (χ1v) is 17.6. The zero-order chi connectivity index (χ0) is 33.7. The minimum atomic E-state index is 0.739. The van der Waals surface area contributed by atoms with Crippen LogP contribution in [0.5, 0.6) is 0 Å². The van der Waals surface area contributed by atoms with Crippen molar-refractivity contribution < 1.29 is 0 Å². The van der Waals surface area contributed by atoms with Crippen molar-refractivity contribution >= 4 is 100 Å². The Morgan fingerprint density at radius 2 is 0.588 bits per heavy atom. The molecule has 0 spiro atoms. The van der Waals surface area contributed by atoms with Crippen LogP contribution in [0, 0.1) is 0 Å². The summed E-state index contributed by atoms with van der Waals surface area (Å²) in [4.78, 5) is 15.9. The fourth-order valence-corrected chi connectivity index (χ4v) is 7.81. The molecule has 2 aromatic heterocycles. The van der Waals surface area contributed by atoms with E-state index in [1.807, 2.05) is 24.3 Å². The predicted molar refractivity (Wildman–Crippen MR) is 212 cm³/mol. The first-order chi connectivity index (χ1) is 25.3. The van der Waals surface area contributed by atoms with E-state index in [1.165, 1.54) is 11.7 Å². The molecule has 0 radical (unpaired) electrons. The van der Waals surface area contributed by atoms with E-state index in [0.29, 0.717) is 0 Å². The first-order valence-electron chi connectivity index (χ1n) is 16.8. The molecule has 0 N–H and O–H groups in total. The van der Waals surface area contributed by atoms with Crippen LogP contribution in [0.2, 0.25) is 0 Å². The average Bonchev–Trinajstić information content (AvgIpc) is 3.70. The van der Waals surface area contributed by atoms with Gasteiger partial charge in [-0.15, -0.1) is 0 Å². The number of nitrogens with zero attached hydrogens (tertiary/aromatic N) is 6. The predicted octanol–water partition coefficient (Wildman–Crippen LogP) is 12.0. The SMILES string of the molecule is c1ccc(N(c2ccccc2)c2c3nsnc3c(N(c3ccccc3)c3ccccc3)c3nc4c5ccccc5c5ccccc5c4nc23)cc1. The highest BCUT2D eigenvalue weighted by Crippen LogP contribution is 2.50. The molecule has 0 bridgehead atoms. The smallest absolute Gasteiger partial charge is 0.133 e. The van der Waals surface area contributed by atoms with Gasteiger partial charge in [0.15, 0.2) is 0 Å². The van der Waals surface area contributed by atoms with Gasteiger partial charge in [-0.2, -0.15) is 8.75 Å². The standard InChI is InChI=1S/C44H28N6S/c1-5-17-29(18-6-1)49(30-19-7-2-8-20-30)43-39-40(46-38-36-28-16-14-26-34(36)33-25-13-15-27-35(33)37(38)45-39)44(42-41(43)47-51-48-42)50(31-21-9-3-10-22-31)32-23-11-4-12-24-32/h1-28H. The van der Waals surface area contributed by atoms with E-state index in [0.717, 1.165) is 88.8 Å². The normalized spacial score (nSPS) is 11.5. The molecular weight excluding hydrogens is 645 g/mol. The second-order valence-corrected chi connectivity index (χ2v) is 12.9. The van der Waals surface area contributed by atoms with E-state index in [2.05, 4.69) is 155 Å². The number of anilines is 6. The fraction of sp³-hybridized carbons (Fsp3) is 0. The van der Waals surface area contributed by atoms with Crippen molar-refractivity contribution in [2.45, 2.75) is 0 Å². The highest BCUT2D eigenvalue weighted by Gasteiger charge is 2.30. The van der Waals surface area contributed by atoms with Crippen molar-refractivity contribution in [2.75, 3.05) is 9.80 Å². The van der Waals surface area contributed by atoms with Crippen molar-refractivity contribution in [3.63, 3.8) is 0 Å². The number of hydrogen-bond acceptors (Lipinski definition) is 7. The van der Waals surface area contributed by atoms with Crippen LogP contribution in [0.4, 0.5) is 34.1 Å². The van der Waals surface area contributed by atoms with Crippen LogP contribution in [0.3, 0.4) is 0 Å². The summed E-state index contributed by atoms with van der Waals surface area (Å²) in [5.41, 5.74) is 10.3. The molecule has 6 nitrogen and oxygen atoms in total. The molecule has 51 heavy (non-hydrogen) atoms. The molecule has 10 rings (SSSR count). The Balaban J connectivity index is 1.45. The van der Waals surface area contributed by atoms with E-state index >= 15 is 0 Å². The lowest BCUT2D eigenvalue weighted by atomic mass is 9.99. The van der Waals surface area contributed by atoms with Gasteiger partial charge in [-0.05, 0) is 59.3 Å². The molecule has 0 fully saturated rings. The summed E-state index contributed by atoms with van der Waals surface area (Å²) < 4.78 is 10.1. The van der Waals surface area contributed by atoms with Crippen molar-refractivity contribution in [2.24, 2.45) is 0 Å². The Labute approximate surface area is 297 Å². The Bertz CT molecular complexity index is 2590. The van der Waals surface area contributed by atoms with Gasteiger partial charge >= 0.3 is 0 Å². The lowest BCUT2D eigenvalue weighted by Crippen LogP contribution is -2.15. The molecule has 0 aliphatic carbocycles. The summed E-state index contributed by atoms with van der Waals surface area (Å²) in [6, 6.07) is 58.6. The van der Waals surface area contributed by atoms with E-state index in [-0.39, 0.29) is 0 Å². The summed E-state index contributed by atoms with van der Waals surface area (Å²) in [5, 5.41) is 4.40. The molecule has 0 saturated carbocycles. The van der Waals surface area contributed by atoms with Crippen molar-refractivity contribution in [1.82, 2.24) is 18.7 Å². The maximum Gasteiger partial charge on any atom is 0.133 e. The van der Waals surface area contributed by atoms with Gasteiger partial charge in [-0.1, -0.05) is 121 Å². The molecule has 10 aromatic rings. The molecule has 240 valence electrons. The molecule has 8 aromatic carbocycles. The molecule has 2 heterocycles. The number of benzene rings is 8. The largest absolute Gasteiger partial charge is 0.306 e. The second kappa shape index (κ2) is 12.0. The third kappa shape index (κ3) is 4.70. The third-order valence-corrected chi connectivity index (χ3v) is 9.97. The lowest BCUT2D eigenvalue weighted by molar-refractivity contribution is 1.26. The molecule has 0 amide bonds. The Hall–Kier alpha value is -6.70. The summed E-state index contributed by atoms with van der Waals surface area (Å²) in [7, 11) is 0. The van der Waals surface area contributed by atoms with Crippen molar-refractivity contribution in [1.29, 1.82) is 0 Å². The number of hydrogen-bond donors (Lipinski definition) is 0. The number of fused-ring (bicyclic) bond motifs is 8. The molecule has 0 saturated heterocycles. The summed E-state index contributed by atoms with van der Waals surface area (Å²) >= 11 is 1.21. The molecule has 7 heteroatoms. The van der Waals surface area contributed by atoms with E-state index in [9.17, 15) is 0 Å². The van der Waals surface area contributed by atoms with E-state index < -0.39 is 0 Å². The molecule has 0 atom stereocenters. The van der Waals surface area contributed by atoms with Crippen LogP contribution in [0.15, 0.2) is 170 Å². The molecule has 0 unspecified atom stereocenters. The average molecular weight is 673 g/mol. The topological polar surface area (TPSA) is 58.0 Å². The summed E-state index contributed by atoms with van der Waals surface area (Å²) in [6.07, 6.45) is 0. The monoisotopic (exact) mass is 672 g/mol. The van der Waals surface area contributed by atoms with Gasteiger partial charge in [0.2, 0.25) is 0 Å². The fourth-order valence-electron chi connectivity index (χ4n) is 7.26. The minimum Gasteiger partial charge on any atom is -0.306 e. The van der Waals surface area contributed by atoms with Gasteiger partial charge in [-0.25, -0.2) is 9.97 Å². The number of para-hydroxylation sites is 4. The third-order valence-electron chi connectivity index (χ3n) is 9.44. The summed E-state index contributed by atoms with van der Waals surface area (Å²) in [6.45, 7) is 0. The minimum absolute atomic E-state index is 0.739. The first kappa shape index (κ1) is 29.2. The Kier molecular flexibility index (Phi) is 6.89. The van der Waals surface area contributed by atoms with Crippen molar-refractivity contribution in [3.05, 3.63) is 170 Å².